The Bertz CT molecular complexity index is 793. The molecule has 35 heavy (non-hydrogen) atoms. The van der Waals surface area contributed by atoms with Crippen molar-refractivity contribution in [3.63, 3.8) is 0 Å². The average Bonchev–Trinajstić information content (AvgIpc) is 3.13. The lowest BCUT2D eigenvalue weighted by atomic mass is 9.59. The van der Waals surface area contributed by atoms with Crippen molar-refractivity contribution >= 4 is 0 Å². The highest BCUT2D eigenvalue weighted by Crippen LogP contribution is 2.61. The Labute approximate surface area is 213 Å². The van der Waals surface area contributed by atoms with E-state index in [4.69, 9.17) is 4.74 Å². The van der Waals surface area contributed by atoms with Crippen molar-refractivity contribution in [1.82, 2.24) is 0 Å². The molecule has 0 spiro atoms. The van der Waals surface area contributed by atoms with Gasteiger partial charge in [-0.15, -0.1) is 0 Å². The number of hydrogen-bond acceptors (Lipinski definition) is 5. The van der Waals surface area contributed by atoms with Gasteiger partial charge in [-0.05, 0) is 113 Å². The van der Waals surface area contributed by atoms with E-state index in [1.165, 1.54) is 12.0 Å². The monoisotopic (exact) mass is 490 g/mol. The topological polar surface area (TPSA) is 90.2 Å². The molecule has 0 aliphatic heterocycles. The van der Waals surface area contributed by atoms with Gasteiger partial charge in [0.15, 0.2) is 0 Å². The second kappa shape index (κ2) is 11.6. The summed E-state index contributed by atoms with van der Waals surface area (Å²) in [4.78, 5) is 0. The first kappa shape index (κ1) is 28.6. The summed E-state index contributed by atoms with van der Waals surface area (Å²) in [5, 5.41) is 39.9. The van der Waals surface area contributed by atoms with Gasteiger partial charge in [0, 0.05) is 19.6 Å². The maximum absolute atomic E-state index is 10.3. The van der Waals surface area contributed by atoms with Crippen LogP contribution in [0.25, 0.3) is 0 Å². The molecule has 0 heterocycles. The third-order valence-electron chi connectivity index (χ3n) is 9.16. The van der Waals surface area contributed by atoms with E-state index in [-0.39, 0.29) is 17.6 Å². The van der Waals surface area contributed by atoms with Gasteiger partial charge in [-0.3, -0.25) is 0 Å². The standard InChI is InChI=1S/C30H50O5/c1-21-23(19-24(32)20-26(21)33)11-10-22-9-6-15-29(4)25(22)12-13-27(29)30(5,35-18-8-17-31)16-7-14-28(2,3)34/h10-11,24-27,31-34H,1,6-9,12-20H2,2-5H3/b22-10+,23-11-/t24-,25?,26?,27+,29+,30+/m1/s1. The molecule has 6 atom stereocenters. The molecule has 200 valence electrons. The van der Waals surface area contributed by atoms with Crippen LogP contribution < -0.4 is 0 Å². The number of aliphatic hydroxyl groups is 4. The molecule has 0 bridgehead atoms. The van der Waals surface area contributed by atoms with E-state index in [0.717, 1.165) is 56.1 Å². The zero-order chi connectivity index (χ0) is 25.9. The zero-order valence-corrected chi connectivity index (χ0v) is 22.6. The molecule has 0 aromatic heterocycles. The van der Waals surface area contributed by atoms with Crippen molar-refractivity contribution in [2.24, 2.45) is 17.3 Å². The van der Waals surface area contributed by atoms with Gasteiger partial charge in [-0.1, -0.05) is 31.2 Å². The first-order valence-corrected chi connectivity index (χ1v) is 13.8. The third kappa shape index (κ3) is 6.87. The molecule has 0 aromatic rings. The zero-order valence-electron chi connectivity index (χ0n) is 22.6. The van der Waals surface area contributed by atoms with E-state index in [1.807, 2.05) is 13.8 Å². The van der Waals surface area contributed by atoms with E-state index in [1.54, 1.807) is 0 Å². The fourth-order valence-corrected chi connectivity index (χ4v) is 7.30. The van der Waals surface area contributed by atoms with Crippen LogP contribution in [0.4, 0.5) is 0 Å². The Morgan fingerprint density at radius 1 is 1.11 bits per heavy atom. The van der Waals surface area contributed by atoms with Crippen molar-refractivity contribution in [1.29, 1.82) is 0 Å². The molecule has 3 saturated carbocycles. The highest BCUT2D eigenvalue weighted by atomic mass is 16.5. The fraction of sp³-hybridized carbons (Fsp3) is 0.800. The summed E-state index contributed by atoms with van der Waals surface area (Å²) in [5.74, 6) is 0.921. The molecule has 3 aliphatic rings. The van der Waals surface area contributed by atoms with Gasteiger partial charge in [0.05, 0.1) is 23.4 Å². The summed E-state index contributed by atoms with van der Waals surface area (Å²) < 4.78 is 6.57. The summed E-state index contributed by atoms with van der Waals surface area (Å²) >= 11 is 0. The number of aliphatic hydroxyl groups excluding tert-OH is 3. The summed E-state index contributed by atoms with van der Waals surface area (Å²) in [7, 11) is 0. The van der Waals surface area contributed by atoms with Crippen LogP contribution in [-0.2, 0) is 4.74 Å². The first-order chi connectivity index (χ1) is 16.4. The van der Waals surface area contributed by atoms with Gasteiger partial charge in [-0.25, -0.2) is 0 Å². The van der Waals surface area contributed by atoms with Crippen LogP contribution >= 0.6 is 0 Å². The van der Waals surface area contributed by atoms with Crippen LogP contribution in [0.3, 0.4) is 0 Å². The van der Waals surface area contributed by atoms with Crippen LogP contribution in [0.2, 0.25) is 0 Å². The van der Waals surface area contributed by atoms with Crippen molar-refractivity contribution in [3.05, 3.63) is 35.5 Å². The van der Waals surface area contributed by atoms with Crippen molar-refractivity contribution in [2.75, 3.05) is 13.2 Å². The molecule has 0 amide bonds. The summed E-state index contributed by atoms with van der Waals surface area (Å²) in [6.07, 6.45) is 13.0. The minimum atomic E-state index is -0.674. The average molecular weight is 491 g/mol. The number of rotatable bonds is 10. The van der Waals surface area contributed by atoms with Gasteiger partial charge < -0.3 is 25.2 Å². The number of hydrogen-bond donors (Lipinski definition) is 4. The molecule has 2 unspecified atom stereocenters. The SMILES string of the molecule is C=C1/C(=C\C=C2/CCC[C@@]3(C)C2CC[C@@H]3[C@](C)(CCCC(C)(C)O)OCCCO)C[C@@H](O)CC1O. The molecule has 0 saturated heterocycles. The minimum absolute atomic E-state index is 0.139. The molecular formula is C30H50O5. The maximum Gasteiger partial charge on any atom is 0.0811 e. The van der Waals surface area contributed by atoms with Crippen LogP contribution in [0, 0.1) is 17.3 Å². The van der Waals surface area contributed by atoms with E-state index < -0.39 is 17.8 Å². The lowest BCUT2D eigenvalue weighted by molar-refractivity contribution is -0.120. The second-order valence-corrected chi connectivity index (χ2v) is 12.5. The summed E-state index contributed by atoms with van der Waals surface area (Å²) in [6, 6.07) is 0. The van der Waals surface area contributed by atoms with E-state index >= 15 is 0 Å². The number of ether oxygens (including phenoxy) is 1. The van der Waals surface area contributed by atoms with Gasteiger partial charge in [0.25, 0.3) is 0 Å². The normalized spacial score (nSPS) is 35.9. The first-order valence-electron chi connectivity index (χ1n) is 13.8. The van der Waals surface area contributed by atoms with Crippen LogP contribution in [0.5, 0.6) is 0 Å². The molecule has 0 radical (unpaired) electrons. The minimum Gasteiger partial charge on any atom is -0.396 e. The third-order valence-corrected chi connectivity index (χ3v) is 9.16. The van der Waals surface area contributed by atoms with Gasteiger partial charge >= 0.3 is 0 Å². The molecule has 3 fully saturated rings. The van der Waals surface area contributed by atoms with Gasteiger partial charge in [0.1, 0.15) is 0 Å². The molecule has 5 heteroatoms. The highest BCUT2D eigenvalue weighted by Gasteiger charge is 2.55. The number of fused-ring (bicyclic) bond motifs is 1. The van der Waals surface area contributed by atoms with Crippen LogP contribution in [0.1, 0.15) is 98.3 Å². The molecule has 3 aliphatic carbocycles. The lowest BCUT2D eigenvalue weighted by Crippen LogP contribution is -2.47. The predicted molar refractivity (Wildman–Crippen MR) is 141 cm³/mol. The summed E-state index contributed by atoms with van der Waals surface area (Å²) in [5.41, 5.74) is 2.38. The van der Waals surface area contributed by atoms with Crippen LogP contribution in [-0.4, -0.2) is 57.0 Å². The van der Waals surface area contributed by atoms with Gasteiger partial charge in [0.2, 0.25) is 0 Å². The Hall–Kier alpha value is -0.980. The second-order valence-electron chi connectivity index (χ2n) is 12.5. The van der Waals surface area contributed by atoms with Crippen molar-refractivity contribution in [2.45, 2.75) is 122 Å². The Kier molecular flexibility index (Phi) is 9.48. The Morgan fingerprint density at radius 2 is 1.86 bits per heavy atom. The molecule has 3 rings (SSSR count). The largest absolute Gasteiger partial charge is 0.396 e. The molecule has 4 N–H and O–H groups in total. The van der Waals surface area contributed by atoms with E-state index in [0.29, 0.717) is 37.7 Å². The Balaban J connectivity index is 1.81. The molecular weight excluding hydrogens is 440 g/mol. The summed E-state index contributed by atoms with van der Waals surface area (Å²) in [6.45, 7) is 13.2. The predicted octanol–water partition coefficient (Wildman–Crippen LogP) is 5.23. The van der Waals surface area contributed by atoms with Gasteiger partial charge in [-0.2, -0.15) is 0 Å². The fourth-order valence-electron chi connectivity index (χ4n) is 7.30. The van der Waals surface area contributed by atoms with E-state index in [9.17, 15) is 20.4 Å². The lowest BCUT2D eigenvalue weighted by Gasteiger charge is -2.49. The molecule has 5 nitrogen and oxygen atoms in total. The highest BCUT2D eigenvalue weighted by molar-refractivity contribution is 5.38. The number of allylic oxidation sites excluding steroid dienone is 3. The van der Waals surface area contributed by atoms with E-state index in [2.05, 4.69) is 32.6 Å². The molecule has 0 aromatic carbocycles. The van der Waals surface area contributed by atoms with Crippen molar-refractivity contribution < 1.29 is 25.2 Å². The quantitative estimate of drug-likeness (QED) is 0.315. The maximum atomic E-state index is 10.3. The smallest absolute Gasteiger partial charge is 0.0811 e. The Morgan fingerprint density at radius 3 is 2.54 bits per heavy atom. The van der Waals surface area contributed by atoms with Crippen LogP contribution in [0.15, 0.2) is 35.5 Å². The van der Waals surface area contributed by atoms with Crippen molar-refractivity contribution in [3.8, 4) is 0 Å².